The summed E-state index contributed by atoms with van der Waals surface area (Å²) in [6.07, 6.45) is 0.419. The number of amides is 4. The molecule has 3 aliphatic rings. The van der Waals surface area contributed by atoms with Gasteiger partial charge in [-0.3, -0.25) is 34.1 Å². The largest absolute Gasteiger partial charge is 0.447 e. The lowest BCUT2D eigenvalue weighted by Gasteiger charge is -2.29. The minimum absolute atomic E-state index is 0.0459. The fourth-order valence-corrected chi connectivity index (χ4v) is 5.65. The SMILES string of the molecule is O=C1CCC(N2Cc3c(ccc(CNC(=O)c4cc5c(o4)C(=O)c4ccccc4C5=O)c3Br)C2=O)C(=O)N1. The molecule has 38 heavy (non-hydrogen) atoms. The molecule has 11 heteroatoms. The predicted molar refractivity (Wildman–Crippen MR) is 133 cm³/mol. The summed E-state index contributed by atoms with van der Waals surface area (Å²) in [5, 5.41) is 4.99. The van der Waals surface area contributed by atoms with E-state index in [1.54, 1.807) is 30.3 Å². The van der Waals surface area contributed by atoms with Crippen molar-refractivity contribution in [2.24, 2.45) is 0 Å². The van der Waals surface area contributed by atoms with E-state index in [0.717, 1.165) is 0 Å². The van der Waals surface area contributed by atoms with Crippen molar-refractivity contribution in [2.45, 2.75) is 32.0 Å². The number of piperidine rings is 1. The summed E-state index contributed by atoms with van der Waals surface area (Å²) in [5.41, 5.74) is 2.33. The number of hydrogen-bond donors (Lipinski definition) is 2. The van der Waals surface area contributed by atoms with Gasteiger partial charge in [-0.25, -0.2) is 0 Å². The second-order valence-electron chi connectivity index (χ2n) is 9.20. The van der Waals surface area contributed by atoms with Gasteiger partial charge in [-0.1, -0.05) is 46.3 Å². The Hall–Kier alpha value is -4.38. The van der Waals surface area contributed by atoms with E-state index in [1.807, 2.05) is 0 Å². The van der Waals surface area contributed by atoms with E-state index in [4.69, 9.17) is 4.42 Å². The number of carbonyl (C=O) groups excluding carboxylic acids is 6. The molecule has 6 rings (SSSR count). The smallest absolute Gasteiger partial charge is 0.287 e. The van der Waals surface area contributed by atoms with Crippen LogP contribution in [0.5, 0.6) is 0 Å². The molecule has 3 heterocycles. The molecule has 1 fully saturated rings. The van der Waals surface area contributed by atoms with Crippen molar-refractivity contribution < 1.29 is 33.2 Å². The number of hydrogen-bond acceptors (Lipinski definition) is 7. The molecular formula is C27H18BrN3O7. The number of rotatable bonds is 4. The van der Waals surface area contributed by atoms with E-state index >= 15 is 0 Å². The zero-order valence-corrected chi connectivity index (χ0v) is 21.2. The van der Waals surface area contributed by atoms with Crippen LogP contribution in [0.2, 0.25) is 0 Å². The highest BCUT2D eigenvalue weighted by atomic mass is 79.9. The Bertz CT molecular complexity index is 1570. The molecule has 2 aliphatic heterocycles. The lowest BCUT2D eigenvalue weighted by molar-refractivity contribution is -0.136. The fraction of sp³-hybridized carbons (Fsp3) is 0.185. The molecule has 2 aromatic carbocycles. The average Bonchev–Trinajstić information content (AvgIpc) is 3.50. The van der Waals surface area contributed by atoms with Crippen LogP contribution in [0.1, 0.15) is 76.9 Å². The van der Waals surface area contributed by atoms with Crippen molar-refractivity contribution >= 4 is 51.1 Å². The second kappa shape index (κ2) is 8.88. The van der Waals surface area contributed by atoms with Crippen LogP contribution in [0, 0.1) is 0 Å². The van der Waals surface area contributed by atoms with Crippen molar-refractivity contribution in [3.8, 4) is 0 Å². The molecule has 1 aromatic heterocycles. The maximum Gasteiger partial charge on any atom is 0.287 e. The Morgan fingerprint density at radius 1 is 1.00 bits per heavy atom. The molecule has 10 nitrogen and oxygen atoms in total. The number of furan rings is 1. The molecule has 190 valence electrons. The number of nitrogens with one attached hydrogen (secondary N) is 2. The van der Waals surface area contributed by atoms with Gasteiger partial charge in [0.2, 0.25) is 17.6 Å². The van der Waals surface area contributed by atoms with Crippen LogP contribution in [0.4, 0.5) is 0 Å². The fourth-order valence-electron chi connectivity index (χ4n) is 5.04. The quantitative estimate of drug-likeness (QED) is 0.356. The lowest BCUT2D eigenvalue weighted by atomic mass is 9.89. The molecular weight excluding hydrogens is 558 g/mol. The van der Waals surface area contributed by atoms with Gasteiger partial charge in [0.1, 0.15) is 6.04 Å². The van der Waals surface area contributed by atoms with Crippen LogP contribution in [0.15, 0.2) is 51.4 Å². The Labute approximate surface area is 223 Å². The maximum atomic E-state index is 13.0. The predicted octanol–water partition coefficient (Wildman–Crippen LogP) is 2.51. The summed E-state index contributed by atoms with van der Waals surface area (Å²) >= 11 is 3.52. The Morgan fingerprint density at radius 2 is 1.74 bits per heavy atom. The van der Waals surface area contributed by atoms with E-state index in [9.17, 15) is 28.8 Å². The van der Waals surface area contributed by atoms with Crippen LogP contribution < -0.4 is 10.6 Å². The molecule has 0 spiro atoms. The van der Waals surface area contributed by atoms with Crippen molar-refractivity contribution in [1.82, 2.24) is 15.5 Å². The van der Waals surface area contributed by atoms with Crippen molar-refractivity contribution in [3.63, 3.8) is 0 Å². The van der Waals surface area contributed by atoms with E-state index in [0.29, 0.717) is 21.2 Å². The van der Waals surface area contributed by atoms with Crippen LogP contribution in [-0.4, -0.2) is 46.1 Å². The van der Waals surface area contributed by atoms with Gasteiger partial charge < -0.3 is 14.6 Å². The van der Waals surface area contributed by atoms with Crippen LogP contribution >= 0.6 is 15.9 Å². The van der Waals surface area contributed by atoms with Crippen molar-refractivity contribution in [3.05, 3.63) is 91.8 Å². The summed E-state index contributed by atoms with van der Waals surface area (Å²) < 4.78 is 6.11. The minimum Gasteiger partial charge on any atom is -0.447 e. The second-order valence-corrected chi connectivity index (χ2v) is 10.00. The van der Waals surface area contributed by atoms with Gasteiger partial charge >= 0.3 is 0 Å². The highest BCUT2D eigenvalue weighted by Gasteiger charge is 2.40. The average molecular weight is 576 g/mol. The number of halogens is 1. The van der Waals surface area contributed by atoms with Gasteiger partial charge in [-0.05, 0) is 23.6 Å². The molecule has 1 saturated heterocycles. The zero-order chi connectivity index (χ0) is 26.7. The van der Waals surface area contributed by atoms with E-state index < -0.39 is 23.6 Å². The number of ketones is 2. The van der Waals surface area contributed by atoms with Gasteiger partial charge in [0, 0.05) is 46.7 Å². The number of benzene rings is 2. The topological polar surface area (TPSA) is 143 Å². The molecule has 0 bridgehead atoms. The third kappa shape index (κ3) is 3.69. The van der Waals surface area contributed by atoms with E-state index in [2.05, 4.69) is 26.6 Å². The van der Waals surface area contributed by atoms with E-state index in [1.165, 1.54) is 17.0 Å². The Balaban J connectivity index is 1.18. The van der Waals surface area contributed by atoms with Gasteiger partial charge in [-0.15, -0.1) is 0 Å². The zero-order valence-electron chi connectivity index (χ0n) is 19.6. The third-order valence-electron chi connectivity index (χ3n) is 6.99. The lowest BCUT2D eigenvalue weighted by Crippen LogP contribution is -2.52. The molecule has 3 aromatic rings. The van der Waals surface area contributed by atoms with Gasteiger partial charge in [0.05, 0.1) is 5.56 Å². The molecule has 1 unspecified atom stereocenters. The molecule has 0 radical (unpaired) electrons. The Kier molecular flexibility index (Phi) is 5.60. The molecule has 1 atom stereocenters. The van der Waals surface area contributed by atoms with Crippen LogP contribution in [-0.2, 0) is 22.7 Å². The van der Waals surface area contributed by atoms with Crippen LogP contribution in [0.3, 0.4) is 0 Å². The monoisotopic (exact) mass is 575 g/mol. The maximum absolute atomic E-state index is 13.0. The summed E-state index contributed by atoms with van der Waals surface area (Å²) in [6, 6.07) is 10.3. The number of fused-ring (bicyclic) bond motifs is 3. The summed E-state index contributed by atoms with van der Waals surface area (Å²) in [4.78, 5) is 76.6. The van der Waals surface area contributed by atoms with Gasteiger partial charge in [-0.2, -0.15) is 0 Å². The molecule has 0 saturated carbocycles. The minimum atomic E-state index is -0.732. The van der Waals surface area contributed by atoms with Gasteiger partial charge in [0.15, 0.2) is 17.3 Å². The standard InChI is InChI=1S/C27H18BrN3O7/c28-21-12(5-6-15-17(21)11-31(27(15)37)18-7-8-20(32)30-25(18)35)10-29-26(36)19-9-16-22(33)13-3-1-2-4-14(13)23(34)24(16)38-19/h1-6,9,18H,7-8,10-11H2,(H,29,36)(H,30,32,35). The number of nitrogens with zero attached hydrogens (tertiary/aromatic N) is 1. The summed E-state index contributed by atoms with van der Waals surface area (Å²) in [7, 11) is 0. The number of carbonyl (C=O) groups is 6. The molecule has 4 amide bonds. The van der Waals surface area contributed by atoms with Crippen molar-refractivity contribution in [1.29, 1.82) is 0 Å². The molecule has 2 N–H and O–H groups in total. The highest BCUT2D eigenvalue weighted by Crippen LogP contribution is 2.35. The summed E-state index contributed by atoms with van der Waals surface area (Å²) in [6.45, 7) is 0.241. The highest BCUT2D eigenvalue weighted by molar-refractivity contribution is 9.10. The van der Waals surface area contributed by atoms with Crippen LogP contribution in [0.25, 0.3) is 0 Å². The normalized spacial score (nSPS) is 18.2. The first-order valence-electron chi connectivity index (χ1n) is 11.8. The van der Waals surface area contributed by atoms with E-state index in [-0.39, 0.29) is 71.7 Å². The summed E-state index contributed by atoms with van der Waals surface area (Å²) in [5.74, 6) is -2.94. The first kappa shape index (κ1) is 24.0. The number of imide groups is 1. The Morgan fingerprint density at radius 3 is 2.47 bits per heavy atom. The third-order valence-corrected chi connectivity index (χ3v) is 7.98. The van der Waals surface area contributed by atoms with Crippen molar-refractivity contribution in [2.75, 3.05) is 0 Å². The first-order valence-corrected chi connectivity index (χ1v) is 12.6. The first-order chi connectivity index (χ1) is 18.2. The van der Waals surface area contributed by atoms with Gasteiger partial charge in [0.25, 0.3) is 11.8 Å². The molecule has 1 aliphatic carbocycles.